The molecular formula is C13H21N3O. The maximum atomic E-state index is 12.0. The van der Waals surface area contributed by atoms with Crippen LogP contribution in [0, 0.1) is 0 Å². The summed E-state index contributed by atoms with van der Waals surface area (Å²) in [6.45, 7) is 5.24. The van der Waals surface area contributed by atoms with E-state index >= 15 is 0 Å². The van der Waals surface area contributed by atoms with Gasteiger partial charge in [0, 0.05) is 12.2 Å². The number of rotatable bonds is 5. The smallest absolute Gasteiger partial charge is 0.155 e. The predicted octanol–water partition coefficient (Wildman–Crippen LogP) is 1.72. The van der Waals surface area contributed by atoms with Crippen LogP contribution in [0.5, 0.6) is 0 Å². The molecule has 94 valence electrons. The number of carbonyl (C=O) groups excluding carboxylic acids is 1. The summed E-state index contributed by atoms with van der Waals surface area (Å²) in [5.41, 5.74) is 0.893. The highest BCUT2D eigenvalue weighted by Crippen LogP contribution is 2.12. The van der Waals surface area contributed by atoms with Crippen molar-refractivity contribution in [3.63, 3.8) is 0 Å². The largest absolute Gasteiger partial charge is 0.307 e. The van der Waals surface area contributed by atoms with Crippen molar-refractivity contribution in [2.75, 3.05) is 6.54 Å². The second-order valence-corrected chi connectivity index (χ2v) is 4.84. The quantitative estimate of drug-likeness (QED) is 0.845. The standard InChI is InChI=1S/C13H21N3O/c1-3-10(2)16-8-6-11(15-16)9-13(17)12-5-4-7-14-12/h6,8,10,12,14H,3-5,7,9H2,1-2H3. The fraction of sp³-hybridized carbons (Fsp3) is 0.692. The molecule has 2 unspecified atom stereocenters. The molecule has 4 heteroatoms. The van der Waals surface area contributed by atoms with Crippen LogP contribution in [0.2, 0.25) is 0 Å². The Morgan fingerprint density at radius 1 is 1.71 bits per heavy atom. The molecule has 1 aliphatic heterocycles. The SMILES string of the molecule is CCC(C)n1ccc(CC(=O)C2CCCN2)n1. The fourth-order valence-corrected chi connectivity index (χ4v) is 2.17. The highest BCUT2D eigenvalue weighted by molar-refractivity contribution is 5.85. The molecule has 2 atom stereocenters. The van der Waals surface area contributed by atoms with Crippen LogP contribution in [0.3, 0.4) is 0 Å². The normalized spacial score (nSPS) is 21.6. The third kappa shape index (κ3) is 2.94. The summed E-state index contributed by atoms with van der Waals surface area (Å²) in [6, 6.07) is 2.42. The van der Waals surface area contributed by atoms with Crippen LogP contribution in [-0.4, -0.2) is 28.2 Å². The van der Waals surface area contributed by atoms with E-state index in [0.29, 0.717) is 12.5 Å². The molecule has 1 N–H and O–H groups in total. The lowest BCUT2D eigenvalue weighted by Crippen LogP contribution is -2.32. The van der Waals surface area contributed by atoms with Gasteiger partial charge in [-0.15, -0.1) is 0 Å². The topological polar surface area (TPSA) is 46.9 Å². The Labute approximate surface area is 102 Å². The van der Waals surface area contributed by atoms with Crippen molar-refractivity contribution in [3.05, 3.63) is 18.0 Å². The summed E-state index contributed by atoms with van der Waals surface area (Å²) in [5, 5.41) is 7.69. The Kier molecular flexibility index (Phi) is 3.94. The molecule has 0 aliphatic carbocycles. The van der Waals surface area contributed by atoms with Crippen molar-refractivity contribution in [2.45, 2.75) is 51.6 Å². The van der Waals surface area contributed by atoms with Gasteiger partial charge in [-0.1, -0.05) is 6.92 Å². The first kappa shape index (κ1) is 12.3. The van der Waals surface area contributed by atoms with E-state index in [2.05, 4.69) is 24.3 Å². The van der Waals surface area contributed by atoms with Gasteiger partial charge in [0.15, 0.2) is 5.78 Å². The van der Waals surface area contributed by atoms with E-state index in [-0.39, 0.29) is 11.8 Å². The second kappa shape index (κ2) is 5.45. The van der Waals surface area contributed by atoms with Crippen LogP contribution in [0.4, 0.5) is 0 Å². The molecule has 1 aliphatic rings. The maximum absolute atomic E-state index is 12.0. The van der Waals surface area contributed by atoms with Gasteiger partial charge >= 0.3 is 0 Å². The molecule has 1 aromatic rings. The van der Waals surface area contributed by atoms with Gasteiger partial charge in [0.25, 0.3) is 0 Å². The number of Topliss-reactive ketones (excluding diaryl/α,β-unsaturated/α-hetero) is 1. The highest BCUT2D eigenvalue weighted by Gasteiger charge is 2.22. The zero-order valence-corrected chi connectivity index (χ0v) is 10.6. The van der Waals surface area contributed by atoms with E-state index in [9.17, 15) is 4.79 Å². The number of nitrogens with one attached hydrogen (secondary N) is 1. The molecule has 2 rings (SSSR count). The van der Waals surface area contributed by atoms with Gasteiger partial charge < -0.3 is 5.32 Å². The van der Waals surface area contributed by atoms with E-state index in [4.69, 9.17) is 0 Å². The first-order valence-corrected chi connectivity index (χ1v) is 6.51. The molecule has 0 saturated carbocycles. The van der Waals surface area contributed by atoms with E-state index < -0.39 is 0 Å². The fourth-order valence-electron chi connectivity index (χ4n) is 2.17. The molecule has 0 amide bonds. The predicted molar refractivity (Wildman–Crippen MR) is 67.0 cm³/mol. The molecule has 1 saturated heterocycles. The molecule has 0 spiro atoms. The lowest BCUT2D eigenvalue weighted by molar-refractivity contribution is -0.120. The first-order chi connectivity index (χ1) is 8.20. The molecule has 0 bridgehead atoms. The van der Waals surface area contributed by atoms with Crippen molar-refractivity contribution in [3.8, 4) is 0 Å². The van der Waals surface area contributed by atoms with Gasteiger partial charge in [0.2, 0.25) is 0 Å². The second-order valence-electron chi connectivity index (χ2n) is 4.84. The maximum Gasteiger partial charge on any atom is 0.155 e. The van der Waals surface area contributed by atoms with Gasteiger partial charge in [-0.3, -0.25) is 9.48 Å². The molecule has 0 aromatic carbocycles. The molecular weight excluding hydrogens is 214 g/mol. The Balaban J connectivity index is 1.94. The number of nitrogens with zero attached hydrogens (tertiary/aromatic N) is 2. The Morgan fingerprint density at radius 2 is 2.53 bits per heavy atom. The number of hydrogen-bond donors (Lipinski definition) is 1. The van der Waals surface area contributed by atoms with Gasteiger partial charge in [-0.2, -0.15) is 5.10 Å². The van der Waals surface area contributed by atoms with Crippen LogP contribution < -0.4 is 5.32 Å². The number of carbonyl (C=O) groups is 1. The molecule has 1 fully saturated rings. The summed E-state index contributed by atoms with van der Waals surface area (Å²) in [6.07, 6.45) is 5.57. The van der Waals surface area contributed by atoms with E-state index in [0.717, 1.165) is 31.5 Å². The zero-order valence-electron chi connectivity index (χ0n) is 10.6. The minimum Gasteiger partial charge on any atom is -0.307 e. The van der Waals surface area contributed by atoms with Crippen molar-refractivity contribution in [1.29, 1.82) is 0 Å². The van der Waals surface area contributed by atoms with Crippen LogP contribution in [0.1, 0.15) is 44.8 Å². The highest BCUT2D eigenvalue weighted by atomic mass is 16.1. The molecule has 2 heterocycles. The third-order valence-corrected chi connectivity index (χ3v) is 3.51. The van der Waals surface area contributed by atoms with E-state index in [1.807, 2.05) is 16.9 Å². The van der Waals surface area contributed by atoms with Crippen LogP contribution in [-0.2, 0) is 11.2 Å². The number of ketones is 1. The Hall–Kier alpha value is -1.16. The molecule has 1 aromatic heterocycles. The van der Waals surface area contributed by atoms with Crippen LogP contribution >= 0.6 is 0 Å². The van der Waals surface area contributed by atoms with Crippen molar-refractivity contribution < 1.29 is 4.79 Å². The Morgan fingerprint density at radius 3 is 3.18 bits per heavy atom. The first-order valence-electron chi connectivity index (χ1n) is 6.51. The summed E-state index contributed by atoms with van der Waals surface area (Å²) >= 11 is 0. The van der Waals surface area contributed by atoms with Crippen LogP contribution in [0.25, 0.3) is 0 Å². The average Bonchev–Trinajstić information content (AvgIpc) is 2.98. The summed E-state index contributed by atoms with van der Waals surface area (Å²) < 4.78 is 1.95. The third-order valence-electron chi connectivity index (χ3n) is 3.51. The van der Waals surface area contributed by atoms with Crippen molar-refractivity contribution in [2.24, 2.45) is 0 Å². The van der Waals surface area contributed by atoms with Crippen molar-refractivity contribution >= 4 is 5.78 Å². The van der Waals surface area contributed by atoms with Gasteiger partial charge in [-0.25, -0.2) is 0 Å². The summed E-state index contributed by atoms with van der Waals surface area (Å²) in [5.74, 6) is 0.275. The molecule has 0 radical (unpaired) electrons. The summed E-state index contributed by atoms with van der Waals surface area (Å²) in [4.78, 5) is 12.0. The van der Waals surface area contributed by atoms with Crippen molar-refractivity contribution in [1.82, 2.24) is 15.1 Å². The van der Waals surface area contributed by atoms with Gasteiger partial charge in [0.05, 0.1) is 18.2 Å². The molecule has 17 heavy (non-hydrogen) atoms. The minimum absolute atomic E-state index is 0.0590. The van der Waals surface area contributed by atoms with E-state index in [1.54, 1.807) is 0 Å². The zero-order chi connectivity index (χ0) is 12.3. The monoisotopic (exact) mass is 235 g/mol. The van der Waals surface area contributed by atoms with E-state index in [1.165, 1.54) is 0 Å². The Bertz CT molecular complexity index is 380. The summed E-state index contributed by atoms with van der Waals surface area (Å²) in [7, 11) is 0. The minimum atomic E-state index is 0.0590. The van der Waals surface area contributed by atoms with Gasteiger partial charge in [-0.05, 0) is 38.8 Å². The lowest BCUT2D eigenvalue weighted by atomic mass is 10.1. The number of hydrogen-bond acceptors (Lipinski definition) is 3. The lowest BCUT2D eigenvalue weighted by Gasteiger charge is -2.09. The van der Waals surface area contributed by atoms with Gasteiger partial charge in [0.1, 0.15) is 0 Å². The average molecular weight is 235 g/mol. The molecule has 4 nitrogen and oxygen atoms in total. The number of aromatic nitrogens is 2. The van der Waals surface area contributed by atoms with Crippen LogP contribution in [0.15, 0.2) is 12.3 Å².